The van der Waals surface area contributed by atoms with Gasteiger partial charge in [0.15, 0.2) is 0 Å². The van der Waals surface area contributed by atoms with Crippen LogP contribution in [0, 0.1) is 0 Å². The van der Waals surface area contributed by atoms with Crippen molar-refractivity contribution in [3.8, 4) is 0 Å². The molecule has 0 aliphatic carbocycles. The minimum atomic E-state index is -0.519. The number of hydrogen-bond acceptors (Lipinski definition) is 4. The van der Waals surface area contributed by atoms with Gasteiger partial charge in [-0.05, 0) is 72.2 Å². The van der Waals surface area contributed by atoms with E-state index in [0.717, 1.165) is 40.7 Å². The summed E-state index contributed by atoms with van der Waals surface area (Å²) in [6.45, 7) is 6.03. The maximum absolute atomic E-state index is 13.1. The average molecular weight is 491 g/mol. The van der Waals surface area contributed by atoms with Crippen LogP contribution in [-0.4, -0.2) is 31.1 Å². The van der Waals surface area contributed by atoms with Crippen molar-refractivity contribution in [2.45, 2.75) is 13.8 Å². The number of nitrogens with zero attached hydrogens (tertiary/aromatic N) is 2. The molecule has 4 aromatic rings. The molecule has 0 atom stereocenters. The molecule has 37 heavy (non-hydrogen) atoms. The highest BCUT2D eigenvalue weighted by Gasteiger charge is 2.14. The van der Waals surface area contributed by atoms with Crippen LogP contribution < -0.4 is 15.6 Å². The number of hydrogen-bond donors (Lipinski definition) is 2. The summed E-state index contributed by atoms with van der Waals surface area (Å²) in [4.78, 5) is 28.1. The van der Waals surface area contributed by atoms with Gasteiger partial charge in [0.2, 0.25) is 0 Å². The molecular formula is C31H30N4O2. The maximum atomic E-state index is 13.1. The fraction of sp³-hybridized carbons (Fsp3) is 0.129. The van der Waals surface area contributed by atoms with Crippen LogP contribution in [0.4, 0.5) is 5.69 Å². The molecule has 4 aromatic carbocycles. The summed E-state index contributed by atoms with van der Waals surface area (Å²) in [5.41, 5.74) is 5.83. The van der Waals surface area contributed by atoms with E-state index in [0.29, 0.717) is 5.56 Å². The second-order valence-electron chi connectivity index (χ2n) is 8.45. The van der Waals surface area contributed by atoms with Gasteiger partial charge in [0.25, 0.3) is 11.8 Å². The highest BCUT2D eigenvalue weighted by atomic mass is 16.2. The monoisotopic (exact) mass is 490 g/mol. The zero-order valence-corrected chi connectivity index (χ0v) is 21.0. The molecule has 0 heterocycles. The number of amides is 2. The minimum Gasteiger partial charge on any atom is -0.372 e. The van der Waals surface area contributed by atoms with Crippen molar-refractivity contribution in [1.82, 2.24) is 10.7 Å². The lowest BCUT2D eigenvalue weighted by atomic mass is 10.1. The lowest BCUT2D eigenvalue weighted by Gasteiger charge is -2.20. The summed E-state index contributed by atoms with van der Waals surface area (Å²) in [5, 5.41) is 9.08. The zero-order chi connectivity index (χ0) is 26.0. The molecule has 0 radical (unpaired) electrons. The Morgan fingerprint density at radius 1 is 0.784 bits per heavy atom. The summed E-state index contributed by atoms with van der Waals surface area (Å²) < 4.78 is 0. The fourth-order valence-electron chi connectivity index (χ4n) is 3.99. The number of benzene rings is 4. The number of anilines is 1. The quantitative estimate of drug-likeness (QED) is 0.182. The highest BCUT2D eigenvalue weighted by Crippen LogP contribution is 2.17. The first kappa shape index (κ1) is 25.4. The van der Waals surface area contributed by atoms with Gasteiger partial charge in [-0.1, -0.05) is 66.7 Å². The second kappa shape index (κ2) is 12.3. The number of fused-ring (bicyclic) bond motifs is 1. The van der Waals surface area contributed by atoms with Crippen LogP contribution in [-0.2, 0) is 4.79 Å². The van der Waals surface area contributed by atoms with Crippen molar-refractivity contribution < 1.29 is 9.59 Å². The van der Waals surface area contributed by atoms with E-state index in [-0.39, 0.29) is 11.6 Å². The Bertz CT molecular complexity index is 1420. The maximum Gasteiger partial charge on any atom is 0.287 e. The predicted molar refractivity (Wildman–Crippen MR) is 152 cm³/mol. The van der Waals surface area contributed by atoms with Gasteiger partial charge in [0.1, 0.15) is 5.70 Å². The molecule has 6 nitrogen and oxygen atoms in total. The van der Waals surface area contributed by atoms with E-state index >= 15 is 0 Å². The largest absolute Gasteiger partial charge is 0.372 e. The summed E-state index contributed by atoms with van der Waals surface area (Å²) in [5.74, 6) is -0.894. The summed E-state index contributed by atoms with van der Waals surface area (Å²) in [7, 11) is 0. The predicted octanol–water partition coefficient (Wildman–Crippen LogP) is 5.61. The van der Waals surface area contributed by atoms with Crippen LogP contribution in [0.25, 0.3) is 16.8 Å². The van der Waals surface area contributed by atoms with Crippen molar-refractivity contribution in [1.29, 1.82) is 0 Å². The first-order valence-electron chi connectivity index (χ1n) is 12.3. The van der Waals surface area contributed by atoms with Crippen LogP contribution in [0.1, 0.15) is 35.3 Å². The van der Waals surface area contributed by atoms with E-state index in [1.165, 1.54) is 0 Å². The molecule has 0 aromatic heterocycles. The fourth-order valence-corrected chi connectivity index (χ4v) is 3.99. The Hall–Kier alpha value is -4.71. The van der Waals surface area contributed by atoms with Gasteiger partial charge in [-0.2, -0.15) is 5.10 Å². The molecule has 0 unspecified atom stereocenters. The van der Waals surface area contributed by atoms with Crippen LogP contribution >= 0.6 is 0 Å². The van der Waals surface area contributed by atoms with Crippen LogP contribution in [0.2, 0.25) is 0 Å². The van der Waals surface area contributed by atoms with Gasteiger partial charge in [-0.25, -0.2) is 5.43 Å². The molecule has 2 N–H and O–H groups in total. The van der Waals surface area contributed by atoms with Gasteiger partial charge >= 0.3 is 0 Å². The topological polar surface area (TPSA) is 73.8 Å². The van der Waals surface area contributed by atoms with E-state index < -0.39 is 5.91 Å². The van der Waals surface area contributed by atoms with Gasteiger partial charge < -0.3 is 10.2 Å². The highest BCUT2D eigenvalue weighted by molar-refractivity contribution is 6.05. The van der Waals surface area contributed by atoms with E-state index in [2.05, 4.69) is 34.6 Å². The number of carbonyl (C=O) groups is 2. The normalized spacial score (nSPS) is 11.5. The SMILES string of the molecule is CCN(CC)c1ccc(/C=C(/NC(=O)c2ccccc2)C(=O)N/N=C/c2ccc3ccccc3c2)cc1. The van der Waals surface area contributed by atoms with Gasteiger partial charge in [0.05, 0.1) is 6.21 Å². The lowest BCUT2D eigenvalue weighted by Crippen LogP contribution is -2.32. The molecule has 0 saturated heterocycles. The first-order valence-corrected chi connectivity index (χ1v) is 12.3. The third kappa shape index (κ3) is 6.70. The van der Waals surface area contributed by atoms with E-state index in [1.807, 2.05) is 72.8 Å². The van der Waals surface area contributed by atoms with Crippen molar-refractivity contribution in [3.05, 3.63) is 119 Å². The Morgan fingerprint density at radius 3 is 2.14 bits per heavy atom. The molecule has 0 bridgehead atoms. The van der Waals surface area contributed by atoms with Crippen LogP contribution in [0.5, 0.6) is 0 Å². The Balaban J connectivity index is 1.54. The Morgan fingerprint density at radius 2 is 1.43 bits per heavy atom. The van der Waals surface area contributed by atoms with Gasteiger partial charge in [0, 0.05) is 24.3 Å². The molecule has 0 spiro atoms. The number of carbonyl (C=O) groups excluding carboxylic acids is 2. The van der Waals surface area contributed by atoms with Crippen molar-refractivity contribution in [3.63, 3.8) is 0 Å². The van der Waals surface area contributed by atoms with E-state index in [9.17, 15) is 9.59 Å². The molecule has 6 heteroatoms. The molecule has 186 valence electrons. The van der Waals surface area contributed by atoms with Gasteiger partial charge in [-0.15, -0.1) is 0 Å². The summed E-state index contributed by atoms with van der Waals surface area (Å²) in [6, 6.07) is 30.6. The molecule has 0 aliphatic heterocycles. The van der Waals surface area contributed by atoms with Crippen LogP contribution in [0.15, 0.2) is 108 Å². The number of hydrazone groups is 1. The standard InChI is InChI=1S/C31H30N4O2/c1-3-35(4-2)28-18-15-23(16-19-28)21-29(33-30(36)26-11-6-5-7-12-26)31(37)34-32-22-24-14-17-25-10-8-9-13-27(25)20-24/h5-22H,3-4H2,1-2H3,(H,33,36)(H,34,37)/b29-21+,32-22+. The summed E-state index contributed by atoms with van der Waals surface area (Å²) in [6.07, 6.45) is 3.23. The Labute approximate surface area is 217 Å². The zero-order valence-electron chi connectivity index (χ0n) is 21.0. The van der Waals surface area contributed by atoms with Crippen molar-refractivity contribution in [2.75, 3.05) is 18.0 Å². The average Bonchev–Trinajstić information content (AvgIpc) is 2.94. The number of rotatable bonds is 9. The minimum absolute atomic E-state index is 0.0973. The molecule has 0 fully saturated rings. The summed E-state index contributed by atoms with van der Waals surface area (Å²) >= 11 is 0. The van der Waals surface area contributed by atoms with Crippen molar-refractivity contribution in [2.24, 2.45) is 5.10 Å². The molecule has 0 aliphatic rings. The molecule has 4 rings (SSSR count). The van der Waals surface area contributed by atoms with E-state index in [4.69, 9.17) is 0 Å². The smallest absolute Gasteiger partial charge is 0.287 e. The number of nitrogens with one attached hydrogen (secondary N) is 2. The Kier molecular flexibility index (Phi) is 8.45. The third-order valence-corrected chi connectivity index (χ3v) is 6.01. The second-order valence-corrected chi connectivity index (χ2v) is 8.45. The molecule has 2 amide bonds. The molecule has 0 saturated carbocycles. The van der Waals surface area contributed by atoms with Gasteiger partial charge in [-0.3, -0.25) is 9.59 Å². The lowest BCUT2D eigenvalue weighted by molar-refractivity contribution is -0.117. The molecular weight excluding hydrogens is 460 g/mol. The van der Waals surface area contributed by atoms with Crippen molar-refractivity contribution >= 4 is 40.6 Å². The van der Waals surface area contributed by atoms with E-state index in [1.54, 1.807) is 36.6 Å². The first-order chi connectivity index (χ1) is 18.1. The third-order valence-electron chi connectivity index (χ3n) is 6.01. The van der Waals surface area contributed by atoms with Crippen LogP contribution in [0.3, 0.4) is 0 Å².